The molecule has 2 amide bonds. The number of thioether (sulfide) groups is 2. The number of nitrogens with two attached hydrogens (primary N) is 3. The van der Waals surface area contributed by atoms with Crippen LogP contribution in [0, 0.1) is 0 Å². The molecule has 0 radical (unpaired) electrons. The van der Waals surface area contributed by atoms with Gasteiger partial charge in [0.05, 0.1) is 10.9 Å². The number of oxime groups is 1. The van der Waals surface area contributed by atoms with Crippen molar-refractivity contribution in [2.24, 2.45) is 5.16 Å². The van der Waals surface area contributed by atoms with Crippen LogP contribution in [0.1, 0.15) is 18.7 Å². The van der Waals surface area contributed by atoms with Crippen molar-refractivity contribution in [3.8, 4) is 5.69 Å². The minimum absolute atomic E-state index is 0.119. The fourth-order valence-corrected chi connectivity index (χ4v) is 7.59. The van der Waals surface area contributed by atoms with Crippen molar-refractivity contribution in [2.45, 2.75) is 36.0 Å². The summed E-state index contributed by atoms with van der Waals surface area (Å²) in [6.07, 6.45) is 1.26. The number of carboxylic acid groups (broad SMARTS) is 2. The van der Waals surface area contributed by atoms with E-state index < -0.39 is 40.8 Å². The zero-order valence-electron chi connectivity index (χ0n) is 24.2. The number of carbonyl (C=O) groups is 4. The number of benzene rings is 1. The van der Waals surface area contributed by atoms with Crippen molar-refractivity contribution in [3.05, 3.63) is 58.7 Å². The van der Waals surface area contributed by atoms with E-state index in [-0.39, 0.29) is 38.7 Å². The maximum absolute atomic E-state index is 13.3. The van der Waals surface area contributed by atoms with Gasteiger partial charge in [-0.25, -0.2) is 14.6 Å². The molecule has 1 fully saturated rings. The van der Waals surface area contributed by atoms with Crippen molar-refractivity contribution in [1.82, 2.24) is 20.2 Å². The summed E-state index contributed by atoms with van der Waals surface area (Å²) in [4.78, 5) is 65.3. The molecule has 3 aromatic rings. The van der Waals surface area contributed by atoms with Crippen LogP contribution in [-0.2, 0) is 24.0 Å². The molecule has 5 rings (SSSR count). The van der Waals surface area contributed by atoms with Crippen LogP contribution in [0.5, 0.6) is 0 Å². The summed E-state index contributed by atoms with van der Waals surface area (Å²) in [5.41, 5.74) is 16.8. The van der Waals surface area contributed by atoms with E-state index in [0.29, 0.717) is 16.5 Å². The molecule has 4 heterocycles. The largest absolute Gasteiger partial charge is 0.478 e. The highest BCUT2D eigenvalue weighted by atomic mass is 32.2. The fourth-order valence-electron chi connectivity index (χ4n) is 4.40. The fraction of sp³-hybridized carbons (Fsp3) is 0.259. The van der Waals surface area contributed by atoms with Crippen LogP contribution < -0.4 is 27.1 Å². The number of thiazole rings is 1. The van der Waals surface area contributed by atoms with Crippen LogP contribution in [0.2, 0.25) is 0 Å². The highest BCUT2D eigenvalue weighted by Gasteiger charge is 2.54. The van der Waals surface area contributed by atoms with Gasteiger partial charge >= 0.3 is 17.1 Å². The molecule has 0 saturated carbocycles. The van der Waals surface area contributed by atoms with E-state index in [0.717, 1.165) is 21.9 Å². The highest BCUT2D eigenvalue weighted by Crippen LogP contribution is 2.41. The van der Waals surface area contributed by atoms with E-state index in [9.17, 15) is 29.4 Å². The molecular weight excluding hydrogens is 659 g/mol. The molecule has 0 bridgehead atoms. The van der Waals surface area contributed by atoms with Gasteiger partial charge in [-0.2, -0.15) is 4.57 Å². The summed E-state index contributed by atoms with van der Waals surface area (Å²) in [5, 5.41) is 25.7. The first kappa shape index (κ1) is 32.5. The lowest BCUT2D eigenvalue weighted by atomic mass is 10.0. The zero-order chi connectivity index (χ0) is 33.3. The Kier molecular flexibility index (Phi) is 9.08. The number of nitrogens with zero attached hydrogens (tertiary/aromatic N) is 5. The van der Waals surface area contributed by atoms with Crippen LogP contribution in [0.25, 0.3) is 5.69 Å². The van der Waals surface area contributed by atoms with Crippen molar-refractivity contribution in [3.63, 3.8) is 0 Å². The Labute approximate surface area is 273 Å². The number of hydrogen-bond donors (Lipinski definition) is 6. The number of carbonyl (C=O) groups excluding carboxylic acids is 2. The number of β-lactam (4-membered cyclic amide) rings is 1. The number of para-hydroxylation sites is 1. The van der Waals surface area contributed by atoms with E-state index >= 15 is 0 Å². The van der Waals surface area contributed by atoms with Crippen LogP contribution in [-0.4, -0.2) is 83.1 Å². The lowest BCUT2D eigenvalue weighted by molar-refractivity contribution is -0.626. The number of amides is 2. The minimum atomic E-state index is -1.77. The van der Waals surface area contributed by atoms with E-state index in [2.05, 4.69) is 20.4 Å². The van der Waals surface area contributed by atoms with Crippen LogP contribution in [0.15, 0.2) is 64.2 Å². The minimum Gasteiger partial charge on any atom is -0.478 e. The summed E-state index contributed by atoms with van der Waals surface area (Å²) in [6, 6.07) is 9.64. The Bertz CT molecular complexity index is 1800. The Morgan fingerprint density at radius 3 is 2.57 bits per heavy atom. The number of hydrogen-bond acceptors (Lipinski definition) is 14. The number of aliphatic carboxylic acids is 2. The smallest absolute Gasteiger partial charge is 0.352 e. The topological polar surface area (TPSA) is 253 Å². The van der Waals surface area contributed by atoms with E-state index in [1.54, 1.807) is 4.57 Å². The molecule has 2 atom stereocenters. The second kappa shape index (κ2) is 12.9. The van der Waals surface area contributed by atoms with Gasteiger partial charge in [0.15, 0.2) is 10.8 Å². The average molecular weight is 687 g/mol. The summed E-state index contributed by atoms with van der Waals surface area (Å²) in [5.74, 6) is -3.21. The Morgan fingerprint density at radius 2 is 1.93 bits per heavy atom. The van der Waals surface area contributed by atoms with Gasteiger partial charge in [-0.1, -0.05) is 39.7 Å². The number of nitrogen functional groups attached to an aromatic ring is 3. The van der Waals surface area contributed by atoms with Gasteiger partial charge in [0.2, 0.25) is 17.2 Å². The molecule has 1 aromatic carbocycles. The maximum Gasteiger partial charge on any atom is 0.352 e. The lowest BCUT2D eigenvalue weighted by Crippen LogP contribution is -2.71. The van der Waals surface area contributed by atoms with Gasteiger partial charge in [-0.05, 0) is 43.3 Å². The van der Waals surface area contributed by atoms with E-state index in [1.807, 2.05) is 30.3 Å². The van der Waals surface area contributed by atoms with Gasteiger partial charge in [0.1, 0.15) is 22.8 Å². The molecule has 9 N–H and O–H groups in total. The molecule has 2 unspecified atom stereocenters. The first-order valence-corrected chi connectivity index (χ1v) is 16.2. The Balaban J connectivity index is 1.36. The molecule has 0 spiro atoms. The molecule has 2 aliphatic rings. The summed E-state index contributed by atoms with van der Waals surface area (Å²) < 4.78 is 1.69. The van der Waals surface area contributed by atoms with Gasteiger partial charge < -0.3 is 37.6 Å². The molecule has 240 valence electrons. The monoisotopic (exact) mass is 686 g/mol. The number of fused-ring (bicyclic) bond motifs is 1. The summed E-state index contributed by atoms with van der Waals surface area (Å²) in [7, 11) is 0. The predicted octanol–water partition coefficient (Wildman–Crippen LogP) is 0.676. The van der Waals surface area contributed by atoms with Gasteiger partial charge in [0.25, 0.3) is 11.8 Å². The number of rotatable bonds is 11. The summed E-state index contributed by atoms with van der Waals surface area (Å²) >= 11 is 3.39. The maximum atomic E-state index is 13.3. The molecule has 46 heavy (non-hydrogen) atoms. The van der Waals surface area contributed by atoms with Crippen LogP contribution in [0.3, 0.4) is 0 Å². The third kappa shape index (κ3) is 6.42. The van der Waals surface area contributed by atoms with Gasteiger partial charge in [-0.15, -0.1) is 11.8 Å². The Morgan fingerprint density at radius 1 is 1.22 bits per heavy atom. The molecule has 2 aromatic heterocycles. The van der Waals surface area contributed by atoms with Crippen molar-refractivity contribution in [1.29, 1.82) is 0 Å². The van der Waals surface area contributed by atoms with E-state index in [1.165, 1.54) is 49.6 Å². The van der Waals surface area contributed by atoms with Crippen molar-refractivity contribution in [2.75, 3.05) is 28.7 Å². The zero-order valence-corrected chi connectivity index (χ0v) is 26.7. The van der Waals surface area contributed by atoms with Crippen molar-refractivity contribution >= 4 is 81.1 Å². The van der Waals surface area contributed by atoms with Gasteiger partial charge in [-0.3, -0.25) is 14.5 Å². The number of nitrogens with one attached hydrogen (secondary N) is 1. The third-order valence-electron chi connectivity index (χ3n) is 6.75. The first-order valence-electron chi connectivity index (χ1n) is 13.4. The van der Waals surface area contributed by atoms with Crippen molar-refractivity contribution < 1.29 is 38.8 Å². The highest BCUT2D eigenvalue weighted by molar-refractivity contribution is 8.01. The van der Waals surface area contributed by atoms with Crippen LogP contribution >= 0.6 is 34.9 Å². The Hall–Kier alpha value is -4.88. The second-order valence-electron chi connectivity index (χ2n) is 10.4. The molecule has 0 aliphatic carbocycles. The lowest BCUT2D eigenvalue weighted by Gasteiger charge is -2.49. The second-order valence-corrected chi connectivity index (χ2v) is 13.5. The normalized spacial score (nSPS) is 18.1. The number of anilines is 3. The molecule has 1 saturated heterocycles. The molecule has 16 nitrogen and oxygen atoms in total. The SMILES string of the molecule is CC(C)(O/N=C(\C(=O)NC1C(=O)N2C(C(=O)O)=C(CSc3nc(N)cc(N)[n+]3-c3ccccc3)CSC12)c1cnc(N)s1)C(=O)O. The molecular formula is C27H28N9O7S3+. The van der Waals surface area contributed by atoms with Crippen LogP contribution in [0.4, 0.5) is 16.8 Å². The predicted molar refractivity (Wildman–Crippen MR) is 171 cm³/mol. The number of aromatic nitrogens is 3. The van der Waals surface area contributed by atoms with Gasteiger partial charge in [0, 0.05) is 17.7 Å². The molecule has 19 heteroatoms. The molecule has 2 aliphatic heterocycles. The summed E-state index contributed by atoms with van der Waals surface area (Å²) in [6.45, 7) is 2.49. The standard InChI is InChI=1S/C27H27N9O7S3/c1-27(2,24(41)42)43-34-17(14-9-31-25(30)46-14)20(37)33-18-21(38)36-19(23(39)40)12(10-44-22(18)36)11-45-26-32-15(28)8-16(29)35(26)13-6-4-3-5-7-13/h3-9,18,22H,10-11H2,1-2H3,(H8,28,29,30,31,33,34,37,39,40,41,42)/p+1. The average Bonchev–Trinajstić information content (AvgIpc) is 3.43. The quantitative estimate of drug-likeness (QED) is 0.0405. The number of carboxylic acids is 2. The third-order valence-corrected chi connectivity index (χ3v) is 9.95. The first-order chi connectivity index (χ1) is 21.8. The van der Waals surface area contributed by atoms with E-state index in [4.69, 9.17) is 22.0 Å².